The summed E-state index contributed by atoms with van der Waals surface area (Å²) in [5.74, 6) is -1.19. The van der Waals surface area contributed by atoms with Gasteiger partial charge in [0.2, 0.25) is 10.0 Å². The van der Waals surface area contributed by atoms with Crippen molar-refractivity contribution in [3.63, 3.8) is 0 Å². The molecule has 2 rings (SSSR count). The van der Waals surface area contributed by atoms with Gasteiger partial charge in [-0.2, -0.15) is 0 Å². The third-order valence-electron chi connectivity index (χ3n) is 3.97. The molecule has 7 nitrogen and oxygen atoms in total. The molecule has 5 N–H and O–H groups in total. The first kappa shape index (κ1) is 21.4. The smallest absolute Gasteiger partial charge is 0.335 e. The van der Waals surface area contributed by atoms with E-state index >= 15 is 0 Å². The minimum Gasteiger partial charge on any atom is -0.478 e. The van der Waals surface area contributed by atoms with E-state index < -0.39 is 16.0 Å². The van der Waals surface area contributed by atoms with E-state index in [4.69, 9.17) is 10.2 Å². The van der Waals surface area contributed by atoms with E-state index in [1.807, 2.05) is 6.92 Å². The number of benzene rings is 1. The molecule has 1 aromatic rings. The summed E-state index contributed by atoms with van der Waals surface area (Å²) in [6, 6.07) is 2.50. The molecule has 0 aromatic heterocycles. The molecule has 0 spiro atoms. The highest BCUT2D eigenvalue weighted by atomic mass is 32.2. The molecular weight excluding hydrogens is 342 g/mol. The van der Waals surface area contributed by atoms with Crippen molar-refractivity contribution in [2.45, 2.75) is 50.8 Å². The highest BCUT2D eigenvalue weighted by molar-refractivity contribution is 7.89. The molecule has 0 atom stereocenters. The van der Waals surface area contributed by atoms with Gasteiger partial charge in [0.25, 0.3) is 0 Å². The first-order valence-corrected chi connectivity index (χ1v) is 10.2. The van der Waals surface area contributed by atoms with Crippen LogP contribution in [0, 0.1) is 6.92 Å². The number of nitrogens with one attached hydrogen (secondary N) is 2. The third kappa shape index (κ3) is 7.41. The summed E-state index contributed by atoms with van der Waals surface area (Å²) in [7, 11) is -3.95. The zero-order valence-corrected chi connectivity index (χ0v) is 15.8. The average Bonchev–Trinajstić information content (AvgIpc) is 2.57. The fraction of sp³-hybridized carbons (Fsp3) is 0.588. The molecule has 1 saturated heterocycles. The molecule has 25 heavy (non-hydrogen) atoms. The fourth-order valence-electron chi connectivity index (χ4n) is 2.49. The van der Waals surface area contributed by atoms with Gasteiger partial charge >= 0.3 is 5.97 Å². The average molecular weight is 372 g/mol. The molecule has 0 saturated carbocycles. The summed E-state index contributed by atoms with van der Waals surface area (Å²) in [5.41, 5.74) is 0.814. The Hall–Kier alpha value is -1.64. The van der Waals surface area contributed by atoms with Gasteiger partial charge in [0.15, 0.2) is 0 Å². The Labute approximate surface area is 150 Å². The number of unbranched alkanes of at least 4 members (excludes halogenated alkanes) is 1. The largest absolute Gasteiger partial charge is 0.478 e. The molecule has 0 aliphatic carbocycles. The maximum Gasteiger partial charge on any atom is 0.335 e. The number of carboxylic acids is 1. The molecule has 1 heterocycles. The summed E-state index contributed by atoms with van der Waals surface area (Å²) in [5, 5.41) is 20.4. The topological polar surface area (TPSA) is 122 Å². The second-order valence-corrected chi connectivity index (χ2v) is 7.62. The molecule has 0 bridgehead atoms. The Morgan fingerprint density at radius 3 is 2.32 bits per heavy atom. The van der Waals surface area contributed by atoms with Crippen LogP contribution in [-0.4, -0.2) is 39.1 Å². The van der Waals surface area contributed by atoms with Gasteiger partial charge in [-0.25, -0.2) is 18.4 Å². The summed E-state index contributed by atoms with van der Waals surface area (Å²) < 4.78 is 22.9. The molecule has 0 radical (unpaired) electrons. The first-order chi connectivity index (χ1) is 11.8. The summed E-state index contributed by atoms with van der Waals surface area (Å²) in [6.45, 7) is 6.77. The van der Waals surface area contributed by atoms with E-state index in [2.05, 4.69) is 10.6 Å². The van der Waals surface area contributed by atoms with Crippen LogP contribution in [0.3, 0.4) is 0 Å². The van der Waals surface area contributed by atoms with Crippen LogP contribution in [0.1, 0.15) is 54.9 Å². The van der Waals surface area contributed by atoms with Gasteiger partial charge < -0.3 is 15.7 Å². The van der Waals surface area contributed by atoms with Crippen LogP contribution in [-0.2, 0) is 10.0 Å². The number of piperidine rings is 1. The number of primary sulfonamides is 1. The second kappa shape index (κ2) is 10.4. The summed E-state index contributed by atoms with van der Waals surface area (Å²) >= 11 is 0. The Bertz CT molecular complexity index is 659. The number of carboxylic acid groups (broad SMARTS) is 1. The Balaban J connectivity index is 0.000000435. The van der Waals surface area contributed by atoms with Crippen LogP contribution in [0.25, 0.3) is 0 Å². The molecule has 142 valence electrons. The lowest BCUT2D eigenvalue weighted by atomic mass is 10.1. The van der Waals surface area contributed by atoms with Crippen LogP contribution in [0.2, 0.25) is 0 Å². The van der Waals surface area contributed by atoms with Crippen LogP contribution < -0.4 is 15.8 Å². The zero-order chi connectivity index (χ0) is 18.9. The minimum absolute atomic E-state index is 0.103. The van der Waals surface area contributed by atoms with Gasteiger partial charge in [-0.15, -0.1) is 0 Å². The molecule has 8 heteroatoms. The van der Waals surface area contributed by atoms with Gasteiger partial charge in [0.1, 0.15) is 0 Å². The van der Waals surface area contributed by atoms with Crippen molar-refractivity contribution in [3.05, 3.63) is 23.3 Å². The number of sulfonamides is 1. The lowest BCUT2D eigenvalue weighted by molar-refractivity contribution is 0.0696. The van der Waals surface area contributed by atoms with Crippen molar-refractivity contribution >= 4 is 21.7 Å². The van der Waals surface area contributed by atoms with Crippen LogP contribution >= 0.6 is 0 Å². The lowest BCUT2D eigenvalue weighted by Crippen LogP contribution is -2.21. The SMILES string of the molecule is C1CCNCC1.CCCCNc1cc(C(=O)O)cc(S(N)(=O)=O)c1C. The number of rotatable bonds is 6. The predicted molar refractivity (Wildman–Crippen MR) is 99.6 cm³/mol. The van der Waals surface area contributed by atoms with Gasteiger partial charge in [-0.3, -0.25) is 0 Å². The van der Waals surface area contributed by atoms with E-state index in [0.29, 0.717) is 17.8 Å². The second-order valence-electron chi connectivity index (χ2n) is 6.09. The maximum absolute atomic E-state index is 11.5. The van der Waals surface area contributed by atoms with Gasteiger partial charge in [0.05, 0.1) is 10.5 Å². The Morgan fingerprint density at radius 2 is 1.92 bits per heavy atom. The summed E-state index contributed by atoms with van der Waals surface area (Å²) in [6.07, 6.45) is 6.10. The van der Waals surface area contributed by atoms with Gasteiger partial charge in [-0.05, 0) is 57.0 Å². The third-order valence-corrected chi connectivity index (χ3v) is 5.00. The van der Waals surface area contributed by atoms with Gasteiger partial charge in [-0.1, -0.05) is 19.8 Å². The molecule has 0 unspecified atom stereocenters. The van der Waals surface area contributed by atoms with Crippen LogP contribution in [0.5, 0.6) is 0 Å². The van der Waals surface area contributed by atoms with Gasteiger partial charge in [0, 0.05) is 12.2 Å². The fourth-order valence-corrected chi connectivity index (χ4v) is 3.32. The molecule has 0 amide bonds. The van der Waals surface area contributed by atoms with Crippen molar-refractivity contribution in [3.8, 4) is 0 Å². The Kier molecular flexibility index (Phi) is 8.88. The minimum atomic E-state index is -3.95. The summed E-state index contributed by atoms with van der Waals surface area (Å²) in [4.78, 5) is 10.8. The quantitative estimate of drug-likeness (QED) is 0.569. The first-order valence-electron chi connectivity index (χ1n) is 8.62. The van der Waals surface area contributed by atoms with Crippen molar-refractivity contribution in [1.29, 1.82) is 0 Å². The van der Waals surface area contributed by atoms with E-state index in [1.54, 1.807) is 6.92 Å². The highest BCUT2D eigenvalue weighted by Crippen LogP contribution is 2.25. The molecular formula is C17H29N3O4S. The van der Waals surface area contributed by atoms with Crippen molar-refractivity contribution in [1.82, 2.24) is 5.32 Å². The van der Waals surface area contributed by atoms with Crippen LogP contribution in [0.4, 0.5) is 5.69 Å². The van der Waals surface area contributed by atoms with Crippen molar-refractivity contribution in [2.75, 3.05) is 25.0 Å². The highest BCUT2D eigenvalue weighted by Gasteiger charge is 2.18. The number of anilines is 1. The lowest BCUT2D eigenvalue weighted by Gasteiger charge is -2.13. The van der Waals surface area contributed by atoms with E-state index in [0.717, 1.165) is 18.9 Å². The number of hydrogen-bond donors (Lipinski definition) is 4. The Morgan fingerprint density at radius 1 is 1.28 bits per heavy atom. The molecule has 1 aromatic carbocycles. The zero-order valence-electron chi connectivity index (χ0n) is 15.0. The number of hydrogen-bond acceptors (Lipinski definition) is 5. The maximum atomic E-state index is 11.5. The van der Waals surface area contributed by atoms with Crippen LogP contribution in [0.15, 0.2) is 17.0 Å². The van der Waals surface area contributed by atoms with Crippen molar-refractivity contribution < 1.29 is 18.3 Å². The molecule has 1 aliphatic heterocycles. The number of aromatic carboxylic acids is 1. The van der Waals surface area contributed by atoms with Crippen molar-refractivity contribution in [2.24, 2.45) is 5.14 Å². The standard InChI is InChI=1S/C12H18N2O4S.C5H11N/c1-3-4-5-14-10-6-9(12(15)16)7-11(8(10)2)19(13,17)18;1-2-4-6-5-3-1/h6-7,14H,3-5H2,1-2H3,(H,15,16)(H2,13,17,18);6H,1-5H2. The van der Waals surface area contributed by atoms with E-state index in [-0.39, 0.29) is 10.5 Å². The molecule has 1 aliphatic rings. The predicted octanol–water partition coefficient (Wildman–Crippen LogP) is 2.31. The normalized spacial score (nSPS) is 14.4. The molecule has 1 fully saturated rings. The number of carbonyl (C=O) groups is 1. The monoisotopic (exact) mass is 371 g/mol. The van der Waals surface area contributed by atoms with E-state index in [9.17, 15) is 13.2 Å². The van der Waals surface area contributed by atoms with E-state index in [1.165, 1.54) is 38.4 Å². The number of nitrogens with two attached hydrogens (primary N) is 1.